The third kappa shape index (κ3) is 4.43. The molecule has 2 rings (SSSR count). The summed E-state index contributed by atoms with van der Waals surface area (Å²) in [5.41, 5.74) is 3.50. The molecule has 2 nitrogen and oxygen atoms in total. The van der Waals surface area contributed by atoms with Crippen LogP contribution in [0.1, 0.15) is 52.9 Å². The van der Waals surface area contributed by atoms with Gasteiger partial charge in [-0.15, -0.1) is 5.54 Å². The van der Waals surface area contributed by atoms with Crippen LogP contribution >= 0.6 is 0 Å². The molecule has 1 aliphatic carbocycles. The molecule has 0 N–H and O–H groups in total. The van der Waals surface area contributed by atoms with Gasteiger partial charge >= 0.3 is 0 Å². The van der Waals surface area contributed by atoms with E-state index in [-0.39, 0.29) is 10.8 Å². The molecule has 21 heavy (non-hydrogen) atoms. The van der Waals surface area contributed by atoms with E-state index in [1.165, 1.54) is 32.1 Å². The second-order valence-electron chi connectivity index (χ2n) is 8.57. The average molecular weight is 326 g/mol. The summed E-state index contributed by atoms with van der Waals surface area (Å²) in [6.45, 7) is 13.1. The van der Waals surface area contributed by atoms with Crippen LogP contribution in [0.4, 0.5) is 0 Å². The maximum atomic E-state index is 12.8. The van der Waals surface area contributed by atoms with Crippen LogP contribution in [0.3, 0.4) is 0 Å². The minimum absolute atomic E-state index is 0.178. The van der Waals surface area contributed by atoms with Crippen molar-refractivity contribution in [3.63, 3.8) is 0 Å². The van der Waals surface area contributed by atoms with Gasteiger partial charge in [0.1, 0.15) is 19.1 Å². The molecule has 120 valence electrons. The van der Waals surface area contributed by atoms with Crippen LogP contribution in [0, 0.1) is 17.4 Å². The first-order chi connectivity index (χ1) is 9.61. The van der Waals surface area contributed by atoms with Crippen LogP contribution in [0.2, 0.25) is 19.6 Å². The Kier molecular flexibility index (Phi) is 5.07. The average Bonchev–Trinajstić information content (AvgIpc) is 3.08. The van der Waals surface area contributed by atoms with Crippen molar-refractivity contribution in [2.75, 3.05) is 0 Å². The summed E-state index contributed by atoms with van der Waals surface area (Å²) in [5.74, 6) is 4.21. The van der Waals surface area contributed by atoms with Crippen LogP contribution in [-0.2, 0) is 11.0 Å². The van der Waals surface area contributed by atoms with E-state index in [9.17, 15) is 4.21 Å². The van der Waals surface area contributed by atoms with Crippen molar-refractivity contribution < 1.29 is 4.21 Å². The lowest BCUT2D eigenvalue weighted by Gasteiger charge is -2.23. The van der Waals surface area contributed by atoms with E-state index in [0.717, 1.165) is 0 Å². The van der Waals surface area contributed by atoms with Gasteiger partial charge in [0.25, 0.3) is 0 Å². The van der Waals surface area contributed by atoms with Gasteiger partial charge in [-0.3, -0.25) is 0 Å². The summed E-state index contributed by atoms with van der Waals surface area (Å²) in [5, 5.41) is 0. The summed E-state index contributed by atoms with van der Waals surface area (Å²) in [6, 6.07) is 0.703. The minimum Gasteiger partial charge on any atom is -0.242 e. The fourth-order valence-electron chi connectivity index (χ4n) is 3.14. The maximum absolute atomic E-state index is 12.8. The highest BCUT2D eigenvalue weighted by Crippen LogP contribution is 2.44. The normalized spacial score (nSPS) is 32.2. The Morgan fingerprint density at radius 1 is 1.10 bits per heavy atom. The largest absolute Gasteiger partial charge is 0.242 e. The highest BCUT2D eigenvalue weighted by Gasteiger charge is 2.56. The highest BCUT2D eigenvalue weighted by molar-refractivity contribution is 7.84. The van der Waals surface area contributed by atoms with Crippen molar-refractivity contribution in [1.82, 2.24) is 4.31 Å². The lowest BCUT2D eigenvalue weighted by atomic mass is 9.86. The molecule has 4 atom stereocenters. The molecular weight excluding hydrogens is 294 g/mol. The highest BCUT2D eigenvalue weighted by atomic mass is 32.2. The Morgan fingerprint density at radius 2 is 1.67 bits per heavy atom. The Labute approximate surface area is 134 Å². The van der Waals surface area contributed by atoms with Crippen LogP contribution in [0.5, 0.6) is 0 Å². The molecule has 1 saturated heterocycles. The first-order valence-corrected chi connectivity index (χ1v) is 12.9. The zero-order valence-electron chi connectivity index (χ0n) is 14.5. The van der Waals surface area contributed by atoms with Crippen molar-refractivity contribution in [3.8, 4) is 11.5 Å². The molecule has 2 aliphatic rings. The van der Waals surface area contributed by atoms with Gasteiger partial charge in [0.15, 0.2) is 0 Å². The maximum Gasteiger partial charge on any atom is 0.129 e. The molecular formula is C17H31NOSSi. The van der Waals surface area contributed by atoms with Crippen molar-refractivity contribution in [2.45, 2.75) is 89.3 Å². The van der Waals surface area contributed by atoms with Gasteiger partial charge in [-0.1, -0.05) is 44.8 Å². The Hall–Kier alpha value is -0.113. The summed E-state index contributed by atoms with van der Waals surface area (Å²) in [7, 11) is -2.28. The molecule has 4 heteroatoms. The summed E-state index contributed by atoms with van der Waals surface area (Å²) < 4.78 is 14.8. The molecule has 0 amide bonds. The molecule has 0 aromatic rings. The topological polar surface area (TPSA) is 20.1 Å². The number of nitrogens with zero attached hydrogens (tertiary/aromatic N) is 1. The zero-order chi connectivity index (χ0) is 15.8. The third-order valence-electron chi connectivity index (χ3n) is 4.24. The molecule has 0 bridgehead atoms. The van der Waals surface area contributed by atoms with Gasteiger partial charge < -0.3 is 0 Å². The first kappa shape index (κ1) is 17.2. The second-order valence-corrected chi connectivity index (χ2v) is 15.5. The molecule has 1 unspecified atom stereocenters. The smallest absolute Gasteiger partial charge is 0.129 e. The predicted octanol–water partition coefficient (Wildman–Crippen LogP) is 3.96. The van der Waals surface area contributed by atoms with Crippen LogP contribution in [-0.4, -0.2) is 33.4 Å². The van der Waals surface area contributed by atoms with Gasteiger partial charge in [-0.25, -0.2) is 8.51 Å². The summed E-state index contributed by atoms with van der Waals surface area (Å²) in [4.78, 5) is 0. The van der Waals surface area contributed by atoms with E-state index in [0.29, 0.717) is 12.0 Å². The van der Waals surface area contributed by atoms with Crippen molar-refractivity contribution in [3.05, 3.63) is 0 Å². The Morgan fingerprint density at radius 3 is 2.14 bits per heavy atom. The number of hydrogen-bond acceptors (Lipinski definition) is 1. The fraction of sp³-hybridized carbons (Fsp3) is 0.882. The summed E-state index contributed by atoms with van der Waals surface area (Å²) in [6.07, 6.45) is 6.65. The van der Waals surface area contributed by atoms with Gasteiger partial charge in [-0.05, 0) is 39.5 Å². The molecule has 1 saturated carbocycles. The minimum atomic E-state index is -1.36. The van der Waals surface area contributed by atoms with Gasteiger partial charge in [0.05, 0.1) is 16.8 Å². The van der Waals surface area contributed by atoms with E-state index >= 15 is 0 Å². The fourth-order valence-corrected chi connectivity index (χ4v) is 5.19. The van der Waals surface area contributed by atoms with Gasteiger partial charge in [-0.2, -0.15) is 0 Å². The van der Waals surface area contributed by atoms with E-state index in [2.05, 4.69) is 56.2 Å². The molecule has 0 spiro atoms. The van der Waals surface area contributed by atoms with E-state index in [4.69, 9.17) is 0 Å². The SMILES string of the molecule is CC(C)(C)[S@@](=O)N1[C@H](C#C[Si](C)(C)C)[C@H]1C1CCCCC1. The summed E-state index contributed by atoms with van der Waals surface area (Å²) >= 11 is 0. The van der Waals surface area contributed by atoms with Crippen molar-refractivity contribution in [1.29, 1.82) is 0 Å². The third-order valence-corrected chi connectivity index (χ3v) is 7.04. The van der Waals surface area contributed by atoms with Crippen LogP contribution < -0.4 is 0 Å². The van der Waals surface area contributed by atoms with Crippen LogP contribution in [0.25, 0.3) is 0 Å². The molecule has 0 aromatic carbocycles. The van der Waals surface area contributed by atoms with E-state index in [1.54, 1.807) is 0 Å². The van der Waals surface area contributed by atoms with Gasteiger partial charge in [0.2, 0.25) is 0 Å². The quantitative estimate of drug-likeness (QED) is 0.427. The van der Waals surface area contributed by atoms with E-state index < -0.39 is 19.1 Å². The molecule has 1 heterocycles. The van der Waals surface area contributed by atoms with Crippen molar-refractivity contribution >= 4 is 19.1 Å². The second kappa shape index (κ2) is 6.18. The predicted molar refractivity (Wildman–Crippen MR) is 95.0 cm³/mol. The molecule has 0 aromatic heterocycles. The van der Waals surface area contributed by atoms with E-state index in [1.807, 2.05) is 0 Å². The number of rotatable bonds is 2. The van der Waals surface area contributed by atoms with Crippen LogP contribution in [0.15, 0.2) is 0 Å². The standard InChI is InChI=1S/C17H31NOSSi/c1-17(2,3)20(19)18-15(12-13-21(4,5)6)16(18)14-10-8-7-9-11-14/h14-16H,7-11H2,1-6H3/t15-,16-,18?,20-/m1/s1. The number of hydrogen-bond donors (Lipinski definition) is 0. The Balaban J connectivity index is 2.15. The Bertz CT molecular complexity index is 460. The zero-order valence-corrected chi connectivity index (χ0v) is 16.3. The molecule has 1 aliphatic heterocycles. The van der Waals surface area contributed by atoms with Gasteiger partial charge in [0, 0.05) is 0 Å². The van der Waals surface area contributed by atoms with Crippen molar-refractivity contribution in [2.24, 2.45) is 5.92 Å². The first-order valence-electron chi connectivity index (χ1n) is 8.34. The lowest BCUT2D eigenvalue weighted by molar-refractivity contribution is 0.337. The lowest BCUT2D eigenvalue weighted by Crippen LogP contribution is -2.30. The monoisotopic (exact) mass is 325 g/mol. The molecule has 2 fully saturated rings. The molecule has 0 radical (unpaired) electrons.